The first-order chi connectivity index (χ1) is 10.9. The number of esters is 1. The molecule has 1 aliphatic heterocycles. The zero-order chi connectivity index (χ0) is 17.1. The summed E-state index contributed by atoms with van der Waals surface area (Å²) in [6, 6.07) is 6.76. The van der Waals surface area contributed by atoms with Crippen LogP contribution in [0.15, 0.2) is 46.8 Å². The molecular weight excluding hydrogens is 318 g/mol. The molecule has 1 aromatic rings. The van der Waals surface area contributed by atoms with Crippen LogP contribution in [0.3, 0.4) is 0 Å². The van der Waals surface area contributed by atoms with E-state index in [-0.39, 0.29) is 17.8 Å². The number of benzene rings is 1. The summed E-state index contributed by atoms with van der Waals surface area (Å²) in [4.78, 5) is 24.0. The molecule has 1 atom stereocenters. The lowest BCUT2D eigenvalue weighted by Crippen LogP contribution is -2.37. The van der Waals surface area contributed by atoms with Crippen molar-refractivity contribution in [2.45, 2.75) is 26.7 Å². The number of nitrogens with one attached hydrogen (secondary N) is 1. The molecule has 0 aromatic heterocycles. The van der Waals surface area contributed by atoms with Crippen LogP contribution in [0, 0.1) is 0 Å². The van der Waals surface area contributed by atoms with Gasteiger partial charge in [0, 0.05) is 27.9 Å². The van der Waals surface area contributed by atoms with Crippen molar-refractivity contribution in [1.82, 2.24) is 5.32 Å². The van der Waals surface area contributed by atoms with Crippen molar-refractivity contribution in [1.29, 1.82) is 0 Å². The molecule has 0 fully saturated rings. The Morgan fingerprint density at radius 3 is 2.48 bits per heavy atom. The maximum Gasteiger partial charge on any atom is 0.336 e. The van der Waals surface area contributed by atoms with E-state index in [1.165, 1.54) is 0 Å². The Labute approximate surface area is 139 Å². The molecule has 0 radical (unpaired) electrons. The molecule has 0 saturated heterocycles. The maximum absolute atomic E-state index is 12.4. The van der Waals surface area contributed by atoms with Crippen molar-refractivity contribution in [3.8, 4) is 0 Å². The summed E-state index contributed by atoms with van der Waals surface area (Å²) >= 11 is 6.03. The molecule has 5 nitrogen and oxygen atoms in total. The van der Waals surface area contributed by atoms with Crippen LogP contribution in [0.5, 0.6) is 0 Å². The third-order valence-electron chi connectivity index (χ3n) is 3.66. The smallest absolute Gasteiger partial charge is 0.336 e. The summed E-state index contributed by atoms with van der Waals surface area (Å²) in [5, 5.41) is 15.0. The first-order valence-corrected chi connectivity index (χ1v) is 7.57. The van der Waals surface area contributed by atoms with E-state index in [2.05, 4.69) is 5.32 Å². The lowest BCUT2D eigenvalue weighted by molar-refractivity contribution is -0.299. The molecule has 1 heterocycles. The van der Waals surface area contributed by atoms with Gasteiger partial charge < -0.3 is 20.0 Å². The first kappa shape index (κ1) is 17.1. The van der Waals surface area contributed by atoms with Gasteiger partial charge in [0.05, 0.1) is 18.1 Å². The largest absolute Gasteiger partial charge is 0.545 e. The number of carbonyl (C=O) groups excluding carboxylic acids is 2. The standard InChI is InChI=1S/C17H18ClNO4/c1-4-23-17(22)14-10(3)19-9(2)13(16(20)21)15(14)11-6-5-7-12(18)8-11/h5-8,15,19H,4H2,1-3H3,(H,20,21)/p-1. The fourth-order valence-electron chi connectivity index (χ4n) is 2.76. The number of dihydropyridines is 1. The van der Waals surface area contributed by atoms with Crippen molar-refractivity contribution >= 4 is 23.5 Å². The second kappa shape index (κ2) is 6.87. The highest BCUT2D eigenvalue weighted by Gasteiger charge is 2.34. The molecule has 0 amide bonds. The lowest BCUT2D eigenvalue weighted by Gasteiger charge is -2.32. The highest BCUT2D eigenvalue weighted by atomic mass is 35.5. The van der Waals surface area contributed by atoms with Gasteiger partial charge in [-0.1, -0.05) is 23.7 Å². The van der Waals surface area contributed by atoms with Crippen molar-refractivity contribution < 1.29 is 19.4 Å². The van der Waals surface area contributed by atoms with E-state index >= 15 is 0 Å². The first-order valence-electron chi connectivity index (χ1n) is 7.19. The van der Waals surface area contributed by atoms with Crippen molar-refractivity contribution in [3.63, 3.8) is 0 Å². The van der Waals surface area contributed by atoms with E-state index in [0.717, 1.165) is 0 Å². The number of rotatable bonds is 4. The van der Waals surface area contributed by atoms with Crippen LogP contribution >= 0.6 is 11.6 Å². The average molecular weight is 335 g/mol. The van der Waals surface area contributed by atoms with Gasteiger partial charge in [-0.15, -0.1) is 0 Å². The quantitative estimate of drug-likeness (QED) is 0.851. The molecule has 1 aliphatic rings. The van der Waals surface area contributed by atoms with Gasteiger partial charge in [-0.3, -0.25) is 0 Å². The van der Waals surface area contributed by atoms with Gasteiger partial charge in [-0.25, -0.2) is 4.79 Å². The Hall–Kier alpha value is -2.27. The molecule has 122 valence electrons. The monoisotopic (exact) mass is 334 g/mol. The van der Waals surface area contributed by atoms with Crippen LogP contribution in [0.2, 0.25) is 5.02 Å². The molecule has 1 unspecified atom stereocenters. The maximum atomic E-state index is 12.4. The third-order valence-corrected chi connectivity index (χ3v) is 3.89. The number of halogens is 1. The van der Waals surface area contributed by atoms with E-state index in [1.54, 1.807) is 45.0 Å². The third kappa shape index (κ3) is 3.40. The predicted molar refractivity (Wildman–Crippen MR) is 84.4 cm³/mol. The molecule has 0 aliphatic carbocycles. The number of aliphatic carboxylic acids is 1. The van der Waals surface area contributed by atoms with Gasteiger partial charge in [0.2, 0.25) is 0 Å². The Morgan fingerprint density at radius 2 is 1.91 bits per heavy atom. The Bertz CT molecular complexity index is 721. The van der Waals surface area contributed by atoms with Crippen molar-refractivity contribution in [2.24, 2.45) is 0 Å². The van der Waals surface area contributed by atoms with Crippen molar-refractivity contribution in [3.05, 3.63) is 57.4 Å². The van der Waals surface area contributed by atoms with Crippen LogP contribution in [-0.4, -0.2) is 18.5 Å². The number of carboxylic acid groups (broad SMARTS) is 1. The van der Waals surface area contributed by atoms with E-state index in [9.17, 15) is 14.7 Å². The summed E-state index contributed by atoms with van der Waals surface area (Å²) in [7, 11) is 0. The van der Waals surface area contributed by atoms with E-state index in [4.69, 9.17) is 16.3 Å². The second-order valence-corrected chi connectivity index (χ2v) is 5.63. The fraction of sp³-hybridized carbons (Fsp3) is 0.294. The number of carboxylic acids is 1. The molecule has 6 heteroatoms. The van der Waals surface area contributed by atoms with Gasteiger partial charge in [-0.2, -0.15) is 0 Å². The zero-order valence-corrected chi connectivity index (χ0v) is 13.9. The number of hydrogen-bond acceptors (Lipinski definition) is 5. The highest BCUT2D eigenvalue weighted by Crippen LogP contribution is 2.38. The minimum Gasteiger partial charge on any atom is -0.545 e. The lowest BCUT2D eigenvalue weighted by atomic mass is 9.80. The van der Waals surface area contributed by atoms with Gasteiger partial charge in [0.15, 0.2) is 0 Å². The predicted octanol–water partition coefficient (Wildman–Crippen LogP) is 1.89. The SMILES string of the molecule is CCOC(=O)C1=C(C)NC(C)=C(C(=O)[O-])C1c1cccc(Cl)c1. The summed E-state index contributed by atoms with van der Waals surface area (Å²) in [6.45, 7) is 5.23. The van der Waals surface area contributed by atoms with Crippen LogP contribution in [0.1, 0.15) is 32.3 Å². The van der Waals surface area contributed by atoms with Crippen LogP contribution in [0.4, 0.5) is 0 Å². The minimum absolute atomic E-state index is 0.000852. The highest BCUT2D eigenvalue weighted by molar-refractivity contribution is 6.30. The Kier molecular flexibility index (Phi) is 5.11. The molecule has 0 saturated carbocycles. The minimum atomic E-state index is -1.34. The van der Waals surface area contributed by atoms with E-state index in [1.807, 2.05) is 0 Å². The molecule has 0 bridgehead atoms. The molecule has 2 rings (SSSR count). The zero-order valence-electron chi connectivity index (χ0n) is 13.1. The average Bonchev–Trinajstić information content (AvgIpc) is 2.46. The fourth-order valence-corrected chi connectivity index (χ4v) is 2.96. The molecule has 23 heavy (non-hydrogen) atoms. The van der Waals surface area contributed by atoms with E-state index < -0.39 is 17.9 Å². The summed E-state index contributed by atoms with van der Waals surface area (Å²) in [6.07, 6.45) is 0. The van der Waals surface area contributed by atoms with Gasteiger partial charge in [0.25, 0.3) is 0 Å². The van der Waals surface area contributed by atoms with Crippen LogP contribution in [-0.2, 0) is 14.3 Å². The summed E-state index contributed by atoms with van der Waals surface area (Å²) in [5.41, 5.74) is 1.83. The molecular formula is C17H17ClNO4-. The van der Waals surface area contributed by atoms with Crippen LogP contribution < -0.4 is 10.4 Å². The second-order valence-electron chi connectivity index (χ2n) is 5.20. The van der Waals surface area contributed by atoms with Gasteiger partial charge >= 0.3 is 5.97 Å². The number of ether oxygens (including phenoxy) is 1. The Balaban J connectivity index is 2.65. The van der Waals surface area contributed by atoms with E-state index in [0.29, 0.717) is 22.0 Å². The molecule has 1 N–H and O–H groups in total. The van der Waals surface area contributed by atoms with Crippen LogP contribution in [0.25, 0.3) is 0 Å². The molecule has 0 spiro atoms. The Morgan fingerprint density at radius 1 is 1.26 bits per heavy atom. The molecule has 1 aromatic carbocycles. The number of hydrogen-bond donors (Lipinski definition) is 1. The number of carbonyl (C=O) groups is 2. The topological polar surface area (TPSA) is 78.5 Å². The van der Waals surface area contributed by atoms with Gasteiger partial charge in [-0.05, 0) is 38.5 Å². The summed E-state index contributed by atoms with van der Waals surface area (Å²) in [5.74, 6) is -2.69. The number of allylic oxidation sites excluding steroid dienone is 2. The summed E-state index contributed by atoms with van der Waals surface area (Å²) < 4.78 is 5.09. The normalized spacial score (nSPS) is 17.8. The van der Waals surface area contributed by atoms with Gasteiger partial charge in [0.1, 0.15) is 0 Å². The van der Waals surface area contributed by atoms with Crippen molar-refractivity contribution in [2.75, 3.05) is 6.61 Å².